The Morgan fingerprint density at radius 1 is 0.949 bits per heavy atom. The van der Waals surface area contributed by atoms with Crippen molar-refractivity contribution in [3.05, 3.63) is 18.7 Å². The summed E-state index contributed by atoms with van der Waals surface area (Å²) in [6.45, 7) is 17.0. The Hall–Kier alpha value is -0.950. The zero-order chi connectivity index (χ0) is 28.3. The number of rotatable bonds is 9. The molecule has 222 valence electrons. The van der Waals surface area contributed by atoms with Crippen molar-refractivity contribution in [2.45, 2.75) is 130 Å². The van der Waals surface area contributed by atoms with Crippen molar-refractivity contribution in [3.63, 3.8) is 0 Å². The van der Waals surface area contributed by atoms with E-state index in [-0.39, 0.29) is 45.7 Å². The van der Waals surface area contributed by atoms with Gasteiger partial charge >= 0.3 is 0 Å². The summed E-state index contributed by atoms with van der Waals surface area (Å²) < 4.78 is 2.11. The highest BCUT2D eigenvalue weighted by Crippen LogP contribution is 2.75. The first-order chi connectivity index (χ1) is 18.3. The number of nitrogens with one attached hydrogen (secondary N) is 1. The van der Waals surface area contributed by atoms with Gasteiger partial charge in [0.15, 0.2) is 0 Å². The lowest BCUT2D eigenvalue weighted by molar-refractivity contribution is -0.246. The Labute approximate surface area is 237 Å². The van der Waals surface area contributed by atoms with Gasteiger partial charge in [0.05, 0.1) is 24.1 Å². The summed E-state index contributed by atoms with van der Waals surface area (Å²) in [7, 11) is 0. The Kier molecular flexibility index (Phi) is 7.88. The maximum Gasteiger partial charge on any atom is 0.0945 e. The molecule has 39 heavy (non-hydrogen) atoms. The van der Waals surface area contributed by atoms with Crippen molar-refractivity contribution in [2.24, 2.45) is 45.3 Å². The molecule has 6 nitrogen and oxygen atoms in total. The molecule has 10 atom stereocenters. The molecule has 0 spiro atoms. The molecule has 1 aromatic heterocycles. The zero-order valence-electron chi connectivity index (χ0n) is 25.6. The van der Waals surface area contributed by atoms with Gasteiger partial charge in [0.1, 0.15) is 0 Å². The largest absolute Gasteiger partial charge is 0.393 e. The molecule has 1 aromatic rings. The number of hydrogen-bond donors (Lipinski definition) is 4. The summed E-state index contributed by atoms with van der Waals surface area (Å²) in [5.74, 6) is 1.25. The van der Waals surface area contributed by atoms with Gasteiger partial charge in [0, 0.05) is 18.9 Å². The Morgan fingerprint density at radius 3 is 2.38 bits per heavy atom. The van der Waals surface area contributed by atoms with Gasteiger partial charge < -0.3 is 25.2 Å². The van der Waals surface area contributed by atoms with Crippen LogP contribution in [0.2, 0.25) is 0 Å². The monoisotopic (exact) mass is 543 g/mol. The number of aliphatic hydroxyl groups excluding tert-OH is 2. The number of hydrogen-bond acceptors (Lipinski definition) is 5. The third-order valence-corrected chi connectivity index (χ3v) is 13.5. The van der Waals surface area contributed by atoms with Crippen LogP contribution < -0.4 is 5.32 Å². The van der Waals surface area contributed by atoms with E-state index in [1.807, 2.05) is 25.6 Å². The molecule has 4 saturated carbocycles. The molecule has 4 aliphatic carbocycles. The van der Waals surface area contributed by atoms with Gasteiger partial charge in [0.2, 0.25) is 0 Å². The zero-order valence-corrected chi connectivity index (χ0v) is 25.6. The first-order valence-electron chi connectivity index (χ1n) is 16.0. The summed E-state index contributed by atoms with van der Waals surface area (Å²) in [6.07, 6.45) is 15.1. The fraction of sp³-hybridized carbons (Fsp3) is 0.909. The highest BCUT2D eigenvalue weighted by molar-refractivity contribution is 5.20. The number of aromatic nitrogens is 2. The molecule has 0 amide bonds. The van der Waals surface area contributed by atoms with E-state index in [9.17, 15) is 15.3 Å². The third-order valence-electron chi connectivity index (χ3n) is 13.5. The van der Waals surface area contributed by atoms with Gasteiger partial charge in [-0.05, 0) is 130 Å². The van der Waals surface area contributed by atoms with E-state index in [1.165, 1.54) is 12.8 Å². The second-order valence-electron chi connectivity index (χ2n) is 15.7. The maximum atomic E-state index is 11.9. The number of imidazole rings is 1. The van der Waals surface area contributed by atoms with E-state index < -0.39 is 5.60 Å². The molecular formula is C33H57N3O3. The minimum Gasteiger partial charge on any atom is -0.393 e. The average Bonchev–Trinajstić information content (AvgIpc) is 3.52. The summed E-state index contributed by atoms with van der Waals surface area (Å²) in [4.78, 5) is 4.10. The predicted molar refractivity (Wildman–Crippen MR) is 156 cm³/mol. The van der Waals surface area contributed by atoms with Gasteiger partial charge in [-0.1, -0.05) is 34.6 Å². The summed E-state index contributed by atoms with van der Waals surface area (Å²) in [5, 5.41) is 38.2. The summed E-state index contributed by atoms with van der Waals surface area (Å²) >= 11 is 0. The Morgan fingerprint density at radius 2 is 1.67 bits per heavy atom. The van der Waals surface area contributed by atoms with E-state index in [1.54, 1.807) is 0 Å². The van der Waals surface area contributed by atoms with E-state index in [0.717, 1.165) is 71.0 Å². The van der Waals surface area contributed by atoms with Crippen LogP contribution in [-0.4, -0.2) is 55.8 Å². The van der Waals surface area contributed by atoms with E-state index in [2.05, 4.69) is 49.5 Å². The fourth-order valence-corrected chi connectivity index (χ4v) is 11.1. The lowest BCUT2D eigenvalue weighted by atomic mass is 9.35. The van der Waals surface area contributed by atoms with Crippen LogP contribution in [-0.2, 0) is 6.54 Å². The molecule has 4 N–H and O–H groups in total. The van der Waals surface area contributed by atoms with Crippen LogP contribution in [0, 0.1) is 45.3 Å². The number of fused-ring (bicyclic) bond motifs is 5. The molecule has 4 fully saturated rings. The van der Waals surface area contributed by atoms with E-state index in [4.69, 9.17) is 0 Å². The minimum absolute atomic E-state index is 0.0315. The Bertz CT molecular complexity index is 979. The van der Waals surface area contributed by atoms with E-state index in [0.29, 0.717) is 11.8 Å². The van der Waals surface area contributed by atoms with Crippen molar-refractivity contribution in [3.8, 4) is 0 Å². The smallest absolute Gasteiger partial charge is 0.0945 e. The molecule has 0 aliphatic heterocycles. The van der Waals surface area contributed by atoms with Crippen molar-refractivity contribution in [1.29, 1.82) is 0 Å². The van der Waals surface area contributed by atoms with Crippen molar-refractivity contribution in [2.75, 3.05) is 13.1 Å². The molecule has 6 heteroatoms. The summed E-state index contributed by atoms with van der Waals surface area (Å²) in [6, 6.07) is 0. The fourth-order valence-electron chi connectivity index (χ4n) is 11.1. The van der Waals surface area contributed by atoms with Crippen LogP contribution in [0.1, 0.15) is 106 Å². The van der Waals surface area contributed by atoms with Crippen LogP contribution in [0.4, 0.5) is 0 Å². The van der Waals surface area contributed by atoms with Crippen molar-refractivity contribution >= 4 is 0 Å². The first kappa shape index (κ1) is 29.5. The van der Waals surface area contributed by atoms with Crippen molar-refractivity contribution < 1.29 is 15.3 Å². The number of aliphatic hydroxyl groups is 3. The van der Waals surface area contributed by atoms with Gasteiger partial charge in [-0.25, -0.2) is 4.98 Å². The van der Waals surface area contributed by atoms with Gasteiger partial charge in [0.25, 0.3) is 0 Å². The molecule has 0 radical (unpaired) electrons. The molecule has 4 aliphatic rings. The lowest BCUT2D eigenvalue weighted by Gasteiger charge is -2.70. The molecule has 0 aromatic carbocycles. The molecule has 0 bridgehead atoms. The first-order valence-corrected chi connectivity index (χ1v) is 16.0. The quantitative estimate of drug-likeness (QED) is 0.313. The highest BCUT2D eigenvalue weighted by Gasteiger charge is 2.71. The highest BCUT2D eigenvalue weighted by atomic mass is 16.3. The molecule has 0 saturated heterocycles. The Balaban J connectivity index is 1.24. The summed E-state index contributed by atoms with van der Waals surface area (Å²) in [5.41, 5.74) is -0.504. The maximum absolute atomic E-state index is 11.9. The second-order valence-corrected chi connectivity index (χ2v) is 15.7. The van der Waals surface area contributed by atoms with Crippen LogP contribution in [0.5, 0.6) is 0 Å². The predicted octanol–water partition coefficient (Wildman–Crippen LogP) is 5.41. The normalized spacial score (nSPS) is 44.7. The molecule has 5 rings (SSSR count). The van der Waals surface area contributed by atoms with Crippen molar-refractivity contribution in [1.82, 2.24) is 14.9 Å². The van der Waals surface area contributed by atoms with Gasteiger partial charge in [-0.3, -0.25) is 0 Å². The van der Waals surface area contributed by atoms with E-state index >= 15 is 0 Å². The molecular weight excluding hydrogens is 486 g/mol. The van der Waals surface area contributed by atoms with Crippen LogP contribution >= 0.6 is 0 Å². The average molecular weight is 544 g/mol. The van der Waals surface area contributed by atoms with Gasteiger partial charge in [-0.2, -0.15) is 0 Å². The van der Waals surface area contributed by atoms with Crippen LogP contribution in [0.3, 0.4) is 0 Å². The standard InChI is InChI=1S/C33H57N3O3/c1-29(2)25-10-15-31(4)26(30(25,3)13-11-27(29)38)21-24(37)28-23(9-14-32(28,31)5)33(6,39)12-7-16-34-17-8-19-36-20-18-35-22-36/h18,20,22-28,34,37-39H,7-17,19,21H2,1-6H3/t23-,24+,25-,26+,27-,28-,30-,31+,32+,33-/m0/s1. The van der Waals surface area contributed by atoms with Crippen LogP contribution in [0.15, 0.2) is 18.7 Å². The lowest BCUT2D eigenvalue weighted by Crippen LogP contribution is -2.66. The topological polar surface area (TPSA) is 90.5 Å². The minimum atomic E-state index is -0.761. The molecule has 1 heterocycles. The van der Waals surface area contributed by atoms with Gasteiger partial charge in [-0.15, -0.1) is 0 Å². The second kappa shape index (κ2) is 10.4. The SMILES string of the molecule is CC1(C)[C@@H](O)CC[C@]2(C)[C@H]3C[C@@H](O)[C@@H]4[C@@H]([C@@](C)(O)CCCNCCCn5ccnc5)CC[C@@]4(C)[C@]3(C)CC[C@@H]12. The van der Waals surface area contributed by atoms with Crippen LogP contribution in [0.25, 0.3) is 0 Å². The number of aryl methyl sites for hydroxylation is 1. The number of nitrogens with zero attached hydrogens (tertiary/aromatic N) is 2. The third kappa shape index (κ3) is 4.73. The molecule has 0 unspecified atom stereocenters.